The second-order valence-electron chi connectivity index (χ2n) is 6.03. The molecule has 0 spiro atoms. The number of hydrogen-bond donors (Lipinski definition) is 0. The number of rotatable bonds is 6. The van der Waals surface area contributed by atoms with Crippen molar-refractivity contribution in [2.24, 2.45) is 0 Å². The molecule has 4 aromatic rings. The summed E-state index contributed by atoms with van der Waals surface area (Å²) in [5.74, 6) is 0.754. The van der Waals surface area contributed by atoms with E-state index in [1.54, 1.807) is 41.5 Å². The largest absolute Gasteiger partial charge is 0.482 e. The number of anilines is 1. The van der Waals surface area contributed by atoms with Crippen molar-refractivity contribution in [3.63, 3.8) is 0 Å². The minimum absolute atomic E-state index is 0.207. The molecule has 1 amide bonds. The summed E-state index contributed by atoms with van der Waals surface area (Å²) in [5.41, 5.74) is 0.812. The van der Waals surface area contributed by atoms with Crippen LogP contribution in [-0.4, -0.2) is 17.5 Å². The molecule has 29 heavy (non-hydrogen) atoms. The number of thiazole rings is 1. The van der Waals surface area contributed by atoms with Crippen molar-refractivity contribution in [3.05, 3.63) is 75.1 Å². The van der Waals surface area contributed by atoms with Crippen molar-refractivity contribution < 1.29 is 13.9 Å². The van der Waals surface area contributed by atoms with Gasteiger partial charge in [-0.15, -0.1) is 0 Å². The molecule has 2 aromatic carbocycles. The Morgan fingerprint density at radius 2 is 2.07 bits per heavy atom. The van der Waals surface area contributed by atoms with Gasteiger partial charge in [0.05, 0.1) is 28.0 Å². The third kappa shape index (κ3) is 4.75. The smallest absolute Gasteiger partial charge is 0.267 e. The van der Waals surface area contributed by atoms with E-state index in [1.165, 1.54) is 11.3 Å². The molecular weight excluding hydrogens is 499 g/mol. The lowest BCUT2D eigenvalue weighted by molar-refractivity contribution is -0.120. The molecule has 0 aliphatic rings. The third-order valence-electron chi connectivity index (χ3n) is 4.01. The number of amides is 1. The fraction of sp³-hybridized carbons (Fsp3) is 0.100. The van der Waals surface area contributed by atoms with Crippen LogP contribution in [0.25, 0.3) is 10.2 Å². The monoisotopic (exact) mass is 510 g/mol. The number of fused-ring (bicyclic) bond motifs is 1. The Bertz CT molecular complexity index is 1160. The van der Waals surface area contributed by atoms with Crippen LogP contribution in [0.2, 0.25) is 10.0 Å². The Labute approximate surface area is 188 Å². The van der Waals surface area contributed by atoms with Crippen LogP contribution in [-0.2, 0) is 11.3 Å². The first-order chi connectivity index (χ1) is 14.0. The molecule has 0 radical (unpaired) electrons. The standard InChI is InChI=1S/C20H13BrCl2N2O3S/c21-12-3-5-16-18(8-12)29-20(24-16)25(10-14-2-1-7-27-14)19(26)11-28-17-6-4-13(22)9-15(17)23/h1-9H,10-11H2. The van der Waals surface area contributed by atoms with E-state index in [2.05, 4.69) is 20.9 Å². The van der Waals surface area contributed by atoms with E-state index < -0.39 is 0 Å². The minimum atomic E-state index is -0.273. The van der Waals surface area contributed by atoms with Gasteiger partial charge in [-0.05, 0) is 48.5 Å². The van der Waals surface area contributed by atoms with Gasteiger partial charge in [-0.25, -0.2) is 4.98 Å². The summed E-state index contributed by atoms with van der Waals surface area (Å²) in [5, 5.41) is 1.40. The molecule has 9 heteroatoms. The van der Waals surface area contributed by atoms with Crippen molar-refractivity contribution in [1.82, 2.24) is 4.98 Å². The zero-order valence-electron chi connectivity index (χ0n) is 14.8. The molecule has 0 atom stereocenters. The van der Waals surface area contributed by atoms with Gasteiger partial charge in [0.15, 0.2) is 11.7 Å². The molecule has 0 saturated carbocycles. The van der Waals surface area contributed by atoms with E-state index >= 15 is 0 Å². The fourth-order valence-electron chi connectivity index (χ4n) is 2.63. The Morgan fingerprint density at radius 1 is 1.21 bits per heavy atom. The van der Waals surface area contributed by atoms with E-state index in [0.29, 0.717) is 26.7 Å². The lowest BCUT2D eigenvalue weighted by Gasteiger charge is -2.19. The predicted molar refractivity (Wildman–Crippen MR) is 119 cm³/mol. The van der Waals surface area contributed by atoms with Crippen molar-refractivity contribution >= 4 is 71.7 Å². The van der Waals surface area contributed by atoms with Crippen LogP contribution in [0.5, 0.6) is 5.75 Å². The number of benzene rings is 2. The Kier molecular flexibility index (Phi) is 6.10. The van der Waals surface area contributed by atoms with E-state index in [1.807, 2.05) is 18.2 Å². The second kappa shape index (κ2) is 8.75. The predicted octanol–water partition coefficient (Wildman–Crippen LogP) is 6.57. The second-order valence-corrected chi connectivity index (χ2v) is 8.80. The highest BCUT2D eigenvalue weighted by atomic mass is 79.9. The Morgan fingerprint density at radius 3 is 2.83 bits per heavy atom. The number of furan rings is 1. The molecular formula is C20H13BrCl2N2O3S. The normalized spacial score (nSPS) is 11.0. The number of ether oxygens (including phenoxy) is 1. The first-order valence-corrected chi connectivity index (χ1v) is 10.8. The van der Waals surface area contributed by atoms with Gasteiger partial charge >= 0.3 is 0 Å². The van der Waals surface area contributed by atoms with E-state index in [4.69, 9.17) is 32.4 Å². The average Bonchev–Trinajstić information content (AvgIpc) is 3.34. The molecule has 0 saturated heterocycles. The first kappa shape index (κ1) is 20.2. The van der Waals surface area contributed by atoms with Crippen LogP contribution in [0.3, 0.4) is 0 Å². The average molecular weight is 512 g/mol. The molecule has 0 bridgehead atoms. The molecule has 0 N–H and O–H groups in total. The van der Waals surface area contributed by atoms with Crippen LogP contribution >= 0.6 is 50.5 Å². The Hall–Kier alpha value is -2.06. The lowest BCUT2D eigenvalue weighted by Crippen LogP contribution is -2.34. The minimum Gasteiger partial charge on any atom is -0.482 e. The molecule has 4 rings (SSSR count). The third-order valence-corrected chi connectivity index (χ3v) is 6.08. The number of aromatic nitrogens is 1. The van der Waals surface area contributed by atoms with Gasteiger partial charge in [-0.2, -0.15) is 0 Å². The highest BCUT2D eigenvalue weighted by molar-refractivity contribution is 9.10. The molecule has 2 heterocycles. The molecule has 0 unspecified atom stereocenters. The SMILES string of the molecule is O=C(COc1ccc(Cl)cc1Cl)N(Cc1ccco1)c1nc2ccc(Br)cc2s1. The van der Waals surface area contributed by atoms with Gasteiger partial charge in [0.1, 0.15) is 11.5 Å². The van der Waals surface area contributed by atoms with E-state index in [-0.39, 0.29) is 19.1 Å². The summed E-state index contributed by atoms with van der Waals surface area (Å²) < 4.78 is 13.0. The molecule has 2 aromatic heterocycles. The van der Waals surface area contributed by atoms with E-state index in [0.717, 1.165) is 14.7 Å². The fourth-order valence-corrected chi connectivity index (χ4v) is 4.63. The molecule has 0 aliphatic heterocycles. The summed E-state index contributed by atoms with van der Waals surface area (Å²) in [4.78, 5) is 19.2. The summed E-state index contributed by atoms with van der Waals surface area (Å²) in [6.07, 6.45) is 1.57. The van der Waals surface area contributed by atoms with Crippen LogP contribution in [0.15, 0.2) is 63.7 Å². The van der Waals surface area contributed by atoms with Crippen molar-refractivity contribution in [2.45, 2.75) is 6.54 Å². The van der Waals surface area contributed by atoms with Crippen LogP contribution < -0.4 is 9.64 Å². The van der Waals surface area contributed by atoms with Gasteiger partial charge in [0.25, 0.3) is 5.91 Å². The number of nitrogens with zero attached hydrogens (tertiary/aromatic N) is 2. The van der Waals surface area contributed by atoms with Crippen molar-refractivity contribution in [1.29, 1.82) is 0 Å². The quantitative estimate of drug-likeness (QED) is 0.293. The van der Waals surface area contributed by atoms with Crippen LogP contribution in [0.1, 0.15) is 5.76 Å². The van der Waals surface area contributed by atoms with Crippen molar-refractivity contribution in [3.8, 4) is 5.75 Å². The zero-order valence-corrected chi connectivity index (χ0v) is 18.7. The summed E-state index contributed by atoms with van der Waals surface area (Å²) >= 11 is 16.9. The molecule has 148 valence electrons. The zero-order chi connectivity index (χ0) is 20.4. The lowest BCUT2D eigenvalue weighted by atomic mass is 10.3. The maximum Gasteiger partial charge on any atom is 0.267 e. The Balaban J connectivity index is 1.59. The first-order valence-electron chi connectivity index (χ1n) is 8.46. The van der Waals surface area contributed by atoms with Crippen molar-refractivity contribution in [2.75, 3.05) is 11.5 Å². The van der Waals surface area contributed by atoms with Gasteiger partial charge in [0, 0.05) is 9.50 Å². The highest BCUT2D eigenvalue weighted by Gasteiger charge is 2.22. The number of carbonyl (C=O) groups excluding carboxylic acids is 1. The number of hydrogen-bond acceptors (Lipinski definition) is 5. The number of carbonyl (C=O) groups is 1. The number of halogens is 3. The van der Waals surface area contributed by atoms with Gasteiger partial charge < -0.3 is 9.15 Å². The molecule has 0 fully saturated rings. The van der Waals surface area contributed by atoms with Gasteiger partial charge in [-0.3, -0.25) is 9.69 Å². The van der Waals surface area contributed by atoms with Gasteiger partial charge in [-0.1, -0.05) is 50.5 Å². The van der Waals surface area contributed by atoms with Crippen LogP contribution in [0, 0.1) is 0 Å². The highest BCUT2D eigenvalue weighted by Crippen LogP contribution is 2.32. The summed E-state index contributed by atoms with van der Waals surface area (Å²) in [6.45, 7) is 0.0339. The summed E-state index contributed by atoms with van der Waals surface area (Å²) in [6, 6.07) is 14.2. The topological polar surface area (TPSA) is 55.6 Å². The van der Waals surface area contributed by atoms with E-state index in [9.17, 15) is 4.79 Å². The molecule has 5 nitrogen and oxygen atoms in total. The van der Waals surface area contributed by atoms with Gasteiger partial charge in [0.2, 0.25) is 0 Å². The maximum atomic E-state index is 13.0. The molecule has 0 aliphatic carbocycles. The maximum absolute atomic E-state index is 13.0. The summed E-state index contributed by atoms with van der Waals surface area (Å²) in [7, 11) is 0. The van der Waals surface area contributed by atoms with Crippen LogP contribution in [0.4, 0.5) is 5.13 Å².